The average molecular weight is 447 g/mol. The van der Waals surface area contributed by atoms with E-state index in [2.05, 4.69) is 38.4 Å². The summed E-state index contributed by atoms with van der Waals surface area (Å²) < 4.78 is 12.1. The normalized spacial score (nSPS) is 10.4. The third-order valence-electron chi connectivity index (χ3n) is 3.60. The Kier molecular flexibility index (Phi) is 6.84. The molecule has 3 aromatic rings. The predicted octanol–water partition coefficient (Wildman–Crippen LogP) is 4.91. The van der Waals surface area contributed by atoms with Gasteiger partial charge in [-0.05, 0) is 36.8 Å². The minimum Gasteiger partial charge on any atom is -0.490 e. The number of amides is 1. The Bertz CT molecular complexity index is 896. The van der Waals surface area contributed by atoms with Crippen LogP contribution in [-0.2, 0) is 11.2 Å². The number of para-hydroxylation sites is 2. The summed E-state index contributed by atoms with van der Waals surface area (Å²) in [6, 6.07) is 15.4. The summed E-state index contributed by atoms with van der Waals surface area (Å²) >= 11 is 4.89. The highest BCUT2D eigenvalue weighted by molar-refractivity contribution is 9.10. The molecule has 3 rings (SSSR count). The van der Waals surface area contributed by atoms with Crippen LogP contribution in [0.1, 0.15) is 17.4 Å². The summed E-state index contributed by atoms with van der Waals surface area (Å²) in [6.07, 6.45) is 2.56. The molecule has 0 saturated heterocycles. The molecule has 1 amide bonds. The molecule has 0 spiro atoms. The van der Waals surface area contributed by atoms with Crippen LogP contribution >= 0.6 is 27.3 Å². The van der Waals surface area contributed by atoms with Gasteiger partial charge in [-0.2, -0.15) is 0 Å². The zero-order chi connectivity index (χ0) is 19.1. The standard InChI is InChI=1S/C20H19BrN2O3S/c1-2-25-17-5-3-4-6-18(17)26-13-19(24)23-20-22-12-16(27-20)11-14-7-9-15(21)10-8-14/h3-10,12H,2,11,13H2,1H3,(H,22,23,24). The number of nitrogens with one attached hydrogen (secondary N) is 1. The number of rotatable bonds is 8. The number of aromatic nitrogens is 1. The lowest BCUT2D eigenvalue weighted by atomic mass is 10.1. The zero-order valence-corrected chi connectivity index (χ0v) is 17.2. The first-order chi connectivity index (χ1) is 13.1. The molecule has 1 heterocycles. The van der Waals surface area contributed by atoms with Crippen LogP contribution in [0.25, 0.3) is 0 Å². The van der Waals surface area contributed by atoms with E-state index in [4.69, 9.17) is 9.47 Å². The zero-order valence-electron chi connectivity index (χ0n) is 14.8. The van der Waals surface area contributed by atoms with Gasteiger partial charge >= 0.3 is 0 Å². The summed E-state index contributed by atoms with van der Waals surface area (Å²) in [5.41, 5.74) is 1.19. The first-order valence-electron chi connectivity index (χ1n) is 8.47. The van der Waals surface area contributed by atoms with Gasteiger partial charge in [-0.3, -0.25) is 10.1 Å². The third kappa shape index (κ3) is 5.80. The molecular weight excluding hydrogens is 428 g/mol. The van der Waals surface area contributed by atoms with Gasteiger partial charge in [0.25, 0.3) is 5.91 Å². The van der Waals surface area contributed by atoms with E-state index >= 15 is 0 Å². The minimum absolute atomic E-state index is 0.105. The van der Waals surface area contributed by atoms with Gasteiger partial charge in [-0.1, -0.05) is 40.2 Å². The van der Waals surface area contributed by atoms with Crippen molar-refractivity contribution in [2.24, 2.45) is 0 Å². The van der Waals surface area contributed by atoms with Gasteiger partial charge in [0.05, 0.1) is 6.61 Å². The van der Waals surface area contributed by atoms with Crippen molar-refractivity contribution in [3.8, 4) is 11.5 Å². The van der Waals surface area contributed by atoms with Crippen LogP contribution < -0.4 is 14.8 Å². The molecule has 0 radical (unpaired) electrons. The Morgan fingerprint density at radius 2 is 1.81 bits per heavy atom. The van der Waals surface area contributed by atoms with E-state index < -0.39 is 0 Å². The van der Waals surface area contributed by atoms with Gasteiger partial charge in [-0.25, -0.2) is 4.98 Å². The maximum atomic E-state index is 12.1. The van der Waals surface area contributed by atoms with Crippen LogP contribution in [0.4, 0.5) is 5.13 Å². The summed E-state index contributed by atoms with van der Waals surface area (Å²) in [6.45, 7) is 2.33. The third-order valence-corrected chi connectivity index (χ3v) is 5.04. The fourth-order valence-corrected chi connectivity index (χ4v) is 3.52. The van der Waals surface area contributed by atoms with E-state index in [-0.39, 0.29) is 12.5 Å². The monoisotopic (exact) mass is 446 g/mol. The largest absolute Gasteiger partial charge is 0.490 e. The van der Waals surface area contributed by atoms with Crippen LogP contribution in [0.5, 0.6) is 11.5 Å². The minimum atomic E-state index is -0.258. The van der Waals surface area contributed by atoms with E-state index in [9.17, 15) is 4.79 Å². The predicted molar refractivity (Wildman–Crippen MR) is 111 cm³/mol. The molecule has 0 unspecified atom stereocenters. The molecule has 140 valence electrons. The van der Waals surface area contributed by atoms with Crippen LogP contribution in [0, 0.1) is 0 Å². The number of carbonyl (C=O) groups excluding carboxylic acids is 1. The van der Waals surface area contributed by atoms with E-state index in [1.807, 2.05) is 37.3 Å². The van der Waals surface area contributed by atoms with Crippen molar-refractivity contribution in [1.82, 2.24) is 4.98 Å². The summed E-state index contributed by atoms with van der Waals surface area (Å²) in [5, 5.41) is 3.34. The van der Waals surface area contributed by atoms with Gasteiger partial charge < -0.3 is 9.47 Å². The van der Waals surface area contributed by atoms with Crippen molar-refractivity contribution in [2.75, 3.05) is 18.5 Å². The van der Waals surface area contributed by atoms with E-state index in [1.54, 1.807) is 12.3 Å². The Balaban J connectivity index is 1.53. The molecular formula is C20H19BrN2O3S. The molecule has 0 atom stereocenters. The second-order valence-electron chi connectivity index (χ2n) is 5.65. The first-order valence-corrected chi connectivity index (χ1v) is 10.1. The number of hydrogen-bond donors (Lipinski definition) is 1. The van der Waals surface area contributed by atoms with Gasteiger partial charge in [0.2, 0.25) is 0 Å². The molecule has 0 aliphatic heterocycles. The van der Waals surface area contributed by atoms with E-state index in [0.29, 0.717) is 23.2 Å². The fourth-order valence-electron chi connectivity index (χ4n) is 2.39. The second kappa shape index (κ2) is 9.53. The quantitative estimate of drug-likeness (QED) is 0.533. The van der Waals surface area contributed by atoms with Crippen LogP contribution in [-0.4, -0.2) is 24.1 Å². The van der Waals surface area contributed by atoms with Crippen LogP contribution in [0.2, 0.25) is 0 Å². The number of anilines is 1. The second-order valence-corrected chi connectivity index (χ2v) is 7.68. The first kappa shape index (κ1) is 19.4. The highest BCUT2D eigenvalue weighted by Crippen LogP contribution is 2.26. The topological polar surface area (TPSA) is 60.5 Å². The Hall–Kier alpha value is -2.38. The molecule has 0 saturated carbocycles. The molecule has 0 fully saturated rings. The SMILES string of the molecule is CCOc1ccccc1OCC(=O)Nc1ncc(Cc2ccc(Br)cc2)s1. The lowest BCUT2D eigenvalue weighted by Gasteiger charge is -2.10. The van der Waals surface area contributed by atoms with Crippen molar-refractivity contribution < 1.29 is 14.3 Å². The molecule has 7 heteroatoms. The van der Waals surface area contributed by atoms with Gasteiger partial charge in [0.15, 0.2) is 23.2 Å². The van der Waals surface area contributed by atoms with Crippen molar-refractivity contribution >= 4 is 38.3 Å². The number of thiazole rings is 1. The number of hydrogen-bond acceptors (Lipinski definition) is 5. The summed E-state index contributed by atoms with van der Waals surface area (Å²) in [5.74, 6) is 0.911. The molecule has 5 nitrogen and oxygen atoms in total. The fraction of sp³-hybridized carbons (Fsp3) is 0.200. The molecule has 1 aromatic heterocycles. The number of nitrogens with zero attached hydrogens (tertiary/aromatic N) is 1. The number of halogens is 1. The van der Waals surface area contributed by atoms with Crippen molar-refractivity contribution in [2.45, 2.75) is 13.3 Å². The lowest BCUT2D eigenvalue weighted by Crippen LogP contribution is -2.20. The number of ether oxygens (including phenoxy) is 2. The van der Waals surface area contributed by atoms with Crippen molar-refractivity contribution in [3.05, 3.63) is 69.6 Å². The Morgan fingerprint density at radius 1 is 1.11 bits per heavy atom. The average Bonchev–Trinajstić information content (AvgIpc) is 3.10. The highest BCUT2D eigenvalue weighted by atomic mass is 79.9. The molecule has 1 N–H and O–H groups in total. The smallest absolute Gasteiger partial charge is 0.264 e. The van der Waals surface area contributed by atoms with Crippen molar-refractivity contribution in [1.29, 1.82) is 0 Å². The maximum absolute atomic E-state index is 12.1. The maximum Gasteiger partial charge on any atom is 0.264 e. The lowest BCUT2D eigenvalue weighted by molar-refractivity contribution is -0.118. The van der Waals surface area contributed by atoms with Crippen LogP contribution in [0.3, 0.4) is 0 Å². The molecule has 0 bridgehead atoms. The van der Waals surface area contributed by atoms with Crippen molar-refractivity contribution in [3.63, 3.8) is 0 Å². The number of carbonyl (C=O) groups is 1. The van der Waals surface area contributed by atoms with E-state index in [0.717, 1.165) is 15.8 Å². The molecule has 27 heavy (non-hydrogen) atoms. The van der Waals surface area contributed by atoms with Gasteiger partial charge in [-0.15, -0.1) is 11.3 Å². The Morgan fingerprint density at radius 3 is 2.52 bits per heavy atom. The summed E-state index contributed by atoms with van der Waals surface area (Å²) in [4.78, 5) is 17.5. The molecule has 0 aliphatic carbocycles. The molecule has 0 aliphatic rings. The highest BCUT2D eigenvalue weighted by Gasteiger charge is 2.10. The Labute approximate surface area is 170 Å². The van der Waals surface area contributed by atoms with E-state index in [1.165, 1.54) is 16.9 Å². The van der Waals surface area contributed by atoms with Gasteiger partial charge in [0, 0.05) is 22.0 Å². The van der Waals surface area contributed by atoms with Gasteiger partial charge in [0.1, 0.15) is 0 Å². The number of benzene rings is 2. The summed E-state index contributed by atoms with van der Waals surface area (Å²) in [7, 11) is 0. The molecule has 2 aromatic carbocycles. The van der Waals surface area contributed by atoms with Crippen LogP contribution in [0.15, 0.2) is 59.2 Å².